The number of hydrogen-bond donors (Lipinski definition) is 0. The van der Waals surface area contributed by atoms with Crippen LogP contribution in [0, 0.1) is 6.92 Å². The molecule has 0 heteroatoms. The molecule has 0 heterocycles. The van der Waals surface area contributed by atoms with E-state index in [1.54, 1.807) is 6.08 Å². The van der Waals surface area contributed by atoms with Gasteiger partial charge in [0.25, 0.3) is 0 Å². The summed E-state index contributed by atoms with van der Waals surface area (Å²) in [6.07, 6.45) is 8.71. The zero-order chi connectivity index (χ0) is 38.3. The summed E-state index contributed by atoms with van der Waals surface area (Å²) in [6, 6.07) is 43.7. The van der Waals surface area contributed by atoms with Gasteiger partial charge in [0.15, 0.2) is 0 Å². The Balaban J connectivity index is -0.0000000852. The molecule has 0 aromatic heterocycles. The number of rotatable bonds is 1. The zero-order valence-corrected chi connectivity index (χ0v) is 34.1. The smallest absolute Gasteiger partial charge is 0.0184 e. The number of allylic oxidation sites excluding steroid dienone is 4. The first kappa shape index (κ1) is 60.2. The van der Waals surface area contributed by atoms with E-state index in [0.29, 0.717) is 0 Å². The van der Waals surface area contributed by atoms with Gasteiger partial charge in [-0.2, -0.15) is 0 Å². The maximum atomic E-state index is 3.48. The van der Waals surface area contributed by atoms with Crippen molar-refractivity contribution in [3.05, 3.63) is 170 Å². The molecule has 0 unspecified atom stereocenters. The highest BCUT2D eigenvalue weighted by Gasteiger charge is 1.86. The Morgan fingerprint density at radius 1 is 0.408 bits per heavy atom. The third-order valence-corrected chi connectivity index (χ3v) is 4.88. The molecule has 0 N–H and O–H groups in total. The zero-order valence-electron chi connectivity index (χ0n) is 34.1. The average Bonchev–Trinajstić information content (AvgIpc) is 3.20. The first-order chi connectivity index (χ1) is 23.6. The molecule has 49 heavy (non-hydrogen) atoms. The van der Waals surface area contributed by atoms with Crippen LogP contribution in [-0.4, -0.2) is 0 Å². The van der Waals surface area contributed by atoms with Crippen molar-refractivity contribution in [2.24, 2.45) is 0 Å². The molecule has 0 amide bonds. The van der Waals surface area contributed by atoms with Crippen LogP contribution in [-0.2, 0) is 0 Å². The van der Waals surface area contributed by atoms with Gasteiger partial charge in [-0.3, -0.25) is 0 Å². The summed E-state index contributed by atoms with van der Waals surface area (Å²) in [5, 5.41) is 5.24. The highest BCUT2D eigenvalue weighted by atomic mass is 13.9. The fourth-order valence-corrected chi connectivity index (χ4v) is 2.80. The van der Waals surface area contributed by atoms with E-state index in [1.165, 1.54) is 27.1 Å². The van der Waals surface area contributed by atoms with Crippen LogP contribution in [0.2, 0.25) is 0 Å². The molecule has 5 aromatic carbocycles. The summed E-state index contributed by atoms with van der Waals surface area (Å²) in [7, 11) is 0. The normalized spacial score (nSPS) is 7.49. The standard InChI is InChI=1S/2C10H8.C7H8.2C4H8.C3H6.5C2H6.CH4/c2*1-2-6-10-8-4-3-7-9(10)5-1;1-7-5-3-2-4-6-7;2*1-3-4-2;1-3-2;5*1-2;/h2*1-8H;2-6H,1H3;3-4H,1-2H3;3H,1,4H2,2H3;3H,1H2,2H3;5*1-2H3;1H4. The molecule has 0 aliphatic rings. The molecule has 0 nitrogen and oxygen atoms in total. The van der Waals surface area contributed by atoms with Crippen molar-refractivity contribution in [3.8, 4) is 0 Å². The van der Waals surface area contributed by atoms with Crippen molar-refractivity contribution < 1.29 is 0 Å². The lowest BCUT2D eigenvalue weighted by molar-refractivity contribution is 1.23. The maximum Gasteiger partial charge on any atom is -0.0184 e. The largest absolute Gasteiger partial charge is 0.103 e. The second kappa shape index (κ2) is 59.3. The topological polar surface area (TPSA) is 0 Å². The molecule has 5 aromatic rings. The van der Waals surface area contributed by atoms with Gasteiger partial charge in [-0.1, -0.05) is 241 Å². The van der Waals surface area contributed by atoms with Gasteiger partial charge < -0.3 is 0 Å². The molecule has 0 saturated heterocycles. The van der Waals surface area contributed by atoms with Crippen LogP contribution in [0.15, 0.2) is 165 Å². The van der Waals surface area contributed by atoms with Crippen molar-refractivity contribution in [2.45, 2.75) is 118 Å². The number of fused-ring (bicyclic) bond motifs is 2. The molecular formula is C49H80. The molecule has 0 atom stereocenters. The Morgan fingerprint density at radius 3 is 0.673 bits per heavy atom. The Kier molecular flexibility index (Phi) is 72.8. The van der Waals surface area contributed by atoms with Crippen molar-refractivity contribution >= 4 is 21.5 Å². The van der Waals surface area contributed by atoms with E-state index in [0.717, 1.165) is 6.42 Å². The van der Waals surface area contributed by atoms with E-state index in [1.807, 2.05) is 126 Å². The van der Waals surface area contributed by atoms with E-state index in [-0.39, 0.29) is 7.43 Å². The van der Waals surface area contributed by atoms with Crippen LogP contribution in [0.25, 0.3) is 21.5 Å². The van der Waals surface area contributed by atoms with Crippen LogP contribution in [0.1, 0.15) is 116 Å². The van der Waals surface area contributed by atoms with E-state index < -0.39 is 0 Å². The Labute approximate surface area is 308 Å². The van der Waals surface area contributed by atoms with Crippen LogP contribution < -0.4 is 0 Å². The summed E-state index contributed by atoms with van der Waals surface area (Å²) in [4.78, 5) is 0. The van der Waals surface area contributed by atoms with Crippen molar-refractivity contribution in [1.29, 1.82) is 0 Å². The fraction of sp³-hybridized carbons (Fsp3) is 0.347. The predicted octanol–water partition coefficient (Wildman–Crippen LogP) is 17.8. The molecule has 0 radical (unpaired) electrons. The fourth-order valence-electron chi connectivity index (χ4n) is 2.80. The number of aryl methyl sites for hydroxylation is 1. The van der Waals surface area contributed by atoms with Crippen LogP contribution >= 0.6 is 0 Å². The van der Waals surface area contributed by atoms with Gasteiger partial charge in [-0.05, 0) is 55.7 Å². The summed E-state index contributed by atoms with van der Waals surface area (Å²) in [6.45, 7) is 36.9. The first-order valence-electron chi connectivity index (χ1n) is 18.2. The van der Waals surface area contributed by atoms with Gasteiger partial charge in [0.1, 0.15) is 0 Å². The maximum absolute atomic E-state index is 3.48. The summed E-state index contributed by atoms with van der Waals surface area (Å²) >= 11 is 0. The lowest BCUT2D eigenvalue weighted by atomic mass is 10.1. The van der Waals surface area contributed by atoms with Crippen molar-refractivity contribution in [3.63, 3.8) is 0 Å². The van der Waals surface area contributed by atoms with E-state index in [2.05, 4.69) is 136 Å². The van der Waals surface area contributed by atoms with Crippen LogP contribution in [0.5, 0.6) is 0 Å². The second-order valence-corrected chi connectivity index (χ2v) is 8.12. The molecule has 0 fully saturated rings. The minimum Gasteiger partial charge on any atom is -0.103 e. The van der Waals surface area contributed by atoms with E-state index in [4.69, 9.17) is 0 Å². The molecule has 276 valence electrons. The Hall–Kier alpha value is -4.16. The molecule has 5 rings (SSSR count). The van der Waals surface area contributed by atoms with Gasteiger partial charge >= 0.3 is 0 Å². The van der Waals surface area contributed by atoms with Crippen LogP contribution in [0.4, 0.5) is 0 Å². The second-order valence-electron chi connectivity index (χ2n) is 8.12. The summed E-state index contributed by atoms with van der Waals surface area (Å²) in [5.41, 5.74) is 1.32. The van der Waals surface area contributed by atoms with Gasteiger partial charge in [-0.25, -0.2) is 0 Å². The van der Waals surface area contributed by atoms with Crippen molar-refractivity contribution in [1.82, 2.24) is 0 Å². The number of benzene rings is 5. The Bertz CT molecular complexity index is 1060. The highest BCUT2D eigenvalue weighted by Crippen LogP contribution is 2.12. The molecule has 0 aliphatic heterocycles. The minimum atomic E-state index is 0. The van der Waals surface area contributed by atoms with E-state index in [9.17, 15) is 0 Å². The highest BCUT2D eigenvalue weighted by molar-refractivity contribution is 5.82. The van der Waals surface area contributed by atoms with E-state index >= 15 is 0 Å². The predicted molar refractivity (Wildman–Crippen MR) is 239 cm³/mol. The average molecular weight is 669 g/mol. The van der Waals surface area contributed by atoms with Gasteiger partial charge in [0.05, 0.1) is 0 Å². The molecule has 0 aliphatic carbocycles. The third-order valence-electron chi connectivity index (χ3n) is 4.88. The molecule has 0 bridgehead atoms. The molecule has 0 saturated carbocycles. The summed E-state index contributed by atoms with van der Waals surface area (Å²) < 4.78 is 0. The monoisotopic (exact) mass is 669 g/mol. The third kappa shape index (κ3) is 43.8. The quantitative estimate of drug-likeness (QED) is 0.156. The first-order valence-corrected chi connectivity index (χ1v) is 18.2. The Morgan fingerprint density at radius 2 is 0.571 bits per heavy atom. The lowest BCUT2D eigenvalue weighted by Crippen LogP contribution is -1.67. The minimum absolute atomic E-state index is 0. The summed E-state index contributed by atoms with van der Waals surface area (Å²) in [5.74, 6) is 0. The SMILES string of the molecule is C.C=CC.C=CCC.CC.CC.CC.CC.CC.CC=CC.Cc1ccccc1.c1ccc2ccccc2c1.c1ccc2ccccc2c1. The van der Waals surface area contributed by atoms with Gasteiger partial charge in [0, 0.05) is 0 Å². The lowest BCUT2D eigenvalue weighted by Gasteiger charge is -1.92. The van der Waals surface area contributed by atoms with Crippen molar-refractivity contribution in [2.75, 3.05) is 0 Å². The number of hydrogen-bond acceptors (Lipinski definition) is 0. The molecule has 0 spiro atoms. The van der Waals surface area contributed by atoms with Gasteiger partial charge in [-0.15, -0.1) is 13.2 Å². The van der Waals surface area contributed by atoms with Crippen LogP contribution in [0.3, 0.4) is 0 Å². The van der Waals surface area contributed by atoms with Gasteiger partial charge in [0.2, 0.25) is 0 Å². The molecular weight excluding hydrogens is 589 g/mol.